The standard InChI is InChI=1S/C34H30OS/c35-36(29-31(25-13-5-1-6-14-25)21-32(29,22-31)26-15-7-2-8-16-26)30-33(27-17-9-3-10-18-27)23-34(30,24-33)28-19-11-4-12-20-28/h1-20,29-30H,21-24H2. The van der Waals surface area contributed by atoms with Gasteiger partial charge >= 0.3 is 0 Å². The molecule has 0 unspecified atom stereocenters. The largest absolute Gasteiger partial charge is 0.259 e. The summed E-state index contributed by atoms with van der Waals surface area (Å²) in [7, 11) is -0.956. The normalized spacial score (nSPS) is 38.0. The van der Waals surface area contributed by atoms with Crippen molar-refractivity contribution in [1.82, 2.24) is 0 Å². The average Bonchev–Trinajstić information content (AvgIpc) is 2.84. The van der Waals surface area contributed by atoms with Crippen molar-refractivity contribution in [3.63, 3.8) is 0 Å². The van der Waals surface area contributed by atoms with Crippen molar-refractivity contribution in [3.8, 4) is 0 Å². The summed E-state index contributed by atoms with van der Waals surface area (Å²) in [6.45, 7) is 0. The van der Waals surface area contributed by atoms with Gasteiger partial charge in [-0.3, -0.25) is 4.21 Å². The van der Waals surface area contributed by atoms with Crippen molar-refractivity contribution in [3.05, 3.63) is 144 Å². The maximum absolute atomic E-state index is 15.1. The van der Waals surface area contributed by atoms with Crippen LogP contribution in [0.3, 0.4) is 0 Å². The number of hydrogen-bond donors (Lipinski definition) is 0. The lowest BCUT2D eigenvalue weighted by Crippen LogP contribution is -2.87. The maximum Gasteiger partial charge on any atom is 0.0546 e. The van der Waals surface area contributed by atoms with E-state index in [1.54, 1.807) is 0 Å². The molecule has 6 aliphatic carbocycles. The van der Waals surface area contributed by atoms with Crippen LogP contribution in [0.1, 0.15) is 47.9 Å². The molecule has 1 nitrogen and oxygen atoms in total. The molecule has 4 aromatic rings. The Morgan fingerprint density at radius 2 is 0.639 bits per heavy atom. The second kappa shape index (κ2) is 7.07. The van der Waals surface area contributed by atoms with Gasteiger partial charge in [-0.25, -0.2) is 0 Å². The van der Waals surface area contributed by atoms with Gasteiger partial charge in [0, 0.05) is 32.5 Å². The molecule has 0 saturated heterocycles. The predicted octanol–water partition coefficient (Wildman–Crippen LogP) is 6.84. The van der Waals surface area contributed by atoms with Gasteiger partial charge in [0.2, 0.25) is 0 Å². The Morgan fingerprint density at radius 3 is 0.861 bits per heavy atom. The molecule has 6 aliphatic rings. The highest BCUT2D eigenvalue weighted by Crippen LogP contribution is 2.81. The van der Waals surface area contributed by atoms with Gasteiger partial charge in [0.25, 0.3) is 0 Å². The van der Waals surface area contributed by atoms with Crippen LogP contribution in [0.4, 0.5) is 0 Å². The van der Waals surface area contributed by atoms with Gasteiger partial charge in [0.15, 0.2) is 0 Å². The topological polar surface area (TPSA) is 17.1 Å². The lowest BCUT2D eigenvalue weighted by atomic mass is 9.31. The Kier molecular flexibility index (Phi) is 4.16. The molecule has 0 atom stereocenters. The summed E-state index contributed by atoms with van der Waals surface area (Å²) in [4.78, 5) is 0. The van der Waals surface area contributed by atoms with Crippen LogP contribution in [0, 0.1) is 0 Å². The molecular formula is C34H30OS. The van der Waals surface area contributed by atoms with Crippen molar-refractivity contribution in [1.29, 1.82) is 0 Å². The SMILES string of the molecule is O=S(C1C2(c3ccccc3)CC1(c1ccccc1)C2)C1C2(c3ccccc3)CC1(c1ccccc1)C2. The van der Waals surface area contributed by atoms with E-state index in [0.29, 0.717) is 0 Å². The van der Waals surface area contributed by atoms with E-state index in [2.05, 4.69) is 121 Å². The van der Waals surface area contributed by atoms with Gasteiger partial charge in [0.05, 0.1) is 10.5 Å². The summed E-state index contributed by atoms with van der Waals surface area (Å²) in [5.74, 6) is 0. The van der Waals surface area contributed by atoms with Gasteiger partial charge in [0.1, 0.15) is 0 Å². The smallest absolute Gasteiger partial charge is 0.0546 e. The molecule has 2 heteroatoms. The minimum Gasteiger partial charge on any atom is -0.259 e. The molecule has 178 valence electrons. The molecule has 6 fully saturated rings. The first kappa shape index (κ1) is 21.1. The third kappa shape index (κ3) is 2.35. The van der Waals surface area contributed by atoms with Gasteiger partial charge < -0.3 is 0 Å². The van der Waals surface area contributed by atoms with Crippen LogP contribution in [-0.4, -0.2) is 14.7 Å². The molecule has 6 saturated carbocycles. The zero-order chi connectivity index (χ0) is 24.0. The van der Waals surface area contributed by atoms with E-state index in [1.807, 2.05) is 0 Å². The molecule has 10 rings (SSSR count). The number of rotatable bonds is 6. The Morgan fingerprint density at radius 1 is 0.417 bits per heavy atom. The van der Waals surface area contributed by atoms with Crippen molar-refractivity contribution in [2.75, 3.05) is 0 Å². The van der Waals surface area contributed by atoms with E-state index in [0.717, 1.165) is 25.7 Å². The summed E-state index contributed by atoms with van der Waals surface area (Å²) >= 11 is 0. The first-order valence-corrected chi connectivity index (χ1v) is 14.5. The van der Waals surface area contributed by atoms with Gasteiger partial charge in [-0.15, -0.1) is 0 Å². The van der Waals surface area contributed by atoms with E-state index >= 15 is 4.21 Å². The van der Waals surface area contributed by atoms with Gasteiger partial charge in [-0.2, -0.15) is 0 Å². The molecule has 36 heavy (non-hydrogen) atoms. The summed E-state index contributed by atoms with van der Waals surface area (Å²) in [6.07, 6.45) is 4.48. The first-order valence-electron chi connectivity index (χ1n) is 13.3. The Balaban J connectivity index is 1.25. The van der Waals surface area contributed by atoms with E-state index in [1.165, 1.54) is 22.3 Å². The van der Waals surface area contributed by atoms with Crippen molar-refractivity contribution >= 4 is 10.8 Å². The molecular weight excluding hydrogens is 456 g/mol. The van der Waals surface area contributed by atoms with Crippen LogP contribution in [-0.2, 0) is 32.5 Å². The molecule has 0 radical (unpaired) electrons. The van der Waals surface area contributed by atoms with E-state index in [9.17, 15) is 0 Å². The average molecular weight is 487 g/mol. The molecule has 0 aliphatic heterocycles. The number of benzene rings is 4. The van der Waals surface area contributed by atoms with E-state index in [4.69, 9.17) is 0 Å². The van der Waals surface area contributed by atoms with E-state index < -0.39 is 10.8 Å². The lowest BCUT2D eigenvalue weighted by molar-refractivity contribution is -0.0787. The van der Waals surface area contributed by atoms with Crippen LogP contribution in [0.25, 0.3) is 0 Å². The van der Waals surface area contributed by atoms with Gasteiger partial charge in [-0.05, 0) is 47.9 Å². The summed E-state index contributed by atoms with van der Waals surface area (Å²) in [5.41, 5.74) is 5.71. The first-order chi connectivity index (χ1) is 17.6. The summed E-state index contributed by atoms with van der Waals surface area (Å²) in [6, 6.07) is 43.9. The molecule has 0 heterocycles. The quantitative estimate of drug-likeness (QED) is 0.292. The van der Waals surface area contributed by atoms with Crippen LogP contribution >= 0.6 is 0 Å². The van der Waals surface area contributed by atoms with Crippen molar-refractivity contribution in [2.45, 2.75) is 57.8 Å². The third-order valence-corrected chi connectivity index (χ3v) is 13.1. The molecule has 4 bridgehead atoms. The van der Waals surface area contributed by atoms with Crippen molar-refractivity contribution < 1.29 is 4.21 Å². The second-order valence-corrected chi connectivity index (χ2v) is 13.5. The zero-order valence-corrected chi connectivity index (χ0v) is 21.2. The highest BCUT2D eigenvalue weighted by molar-refractivity contribution is 7.87. The monoisotopic (exact) mass is 486 g/mol. The fourth-order valence-electron chi connectivity index (χ4n) is 8.95. The molecule has 0 spiro atoms. The fraction of sp³-hybridized carbons (Fsp3) is 0.294. The van der Waals surface area contributed by atoms with Crippen LogP contribution in [0.15, 0.2) is 121 Å². The Labute approximate surface area is 216 Å². The predicted molar refractivity (Wildman–Crippen MR) is 147 cm³/mol. The van der Waals surface area contributed by atoms with Crippen LogP contribution < -0.4 is 0 Å². The maximum atomic E-state index is 15.1. The minimum atomic E-state index is -0.956. The van der Waals surface area contributed by atoms with Crippen molar-refractivity contribution in [2.24, 2.45) is 0 Å². The van der Waals surface area contributed by atoms with Crippen LogP contribution in [0.5, 0.6) is 0 Å². The molecule has 0 aromatic heterocycles. The summed E-state index contributed by atoms with van der Waals surface area (Å²) < 4.78 is 15.1. The second-order valence-electron chi connectivity index (χ2n) is 11.9. The molecule has 4 aromatic carbocycles. The Hall–Kier alpha value is -2.97. The molecule has 0 amide bonds. The zero-order valence-electron chi connectivity index (χ0n) is 20.3. The fourth-order valence-corrected chi connectivity index (χ4v) is 12.2. The van der Waals surface area contributed by atoms with Gasteiger partial charge in [-0.1, -0.05) is 121 Å². The highest BCUT2D eigenvalue weighted by atomic mass is 32.2. The lowest BCUT2D eigenvalue weighted by Gasteiger charge is -2.81. The number of hydrogen-bond acceptors (Lipinski definition) is 1. The van der Waals surface area contributed by atoms with E-state index in [-0.39, 0.29) is 32.2 Å². The Bertz CT molecular complexity index is 1230. The van der Waals surface area contributed by atoms with Crippen LogP contribution in [0.2, 0.25) is 0 Å². The highest BCUT2D eigenvalue weighted by Gasteiger charge is 2.84. The third-order valence-electron chi connectivity index (χ3n) is 10.4. The summed E-state index contributed by atoms with van der Waals surface area (Å²) in [5, 5.41) is 0.346. The molecule has 0 N–H and O–H groups in total. The minimum absolute atomic E-state index is 0.0414.